The van der Waals surface area contributed by atoms with Crippen LogP contribution in [0.3, 0.4) is 0 Å². The van der Waals surface area contributed by atoms with Crippen molar-refractivity contribution in [2.24, 2.45) is 0 Å². The van der Waals surface area contributed by atoms with Crippen LogP contribution >= 0.6 is 0 Å². The van der Waals surface area contributed by atoms with Crippen LogP contribution in [-0.2, 0) is 6.42 Å². The molecule has 5 heteroatoms. The molecule has 4 aromatic rings. The molecule has 130 valence electrons. The second kappa shape index (κ2) is 6.29. The number of hydrogen-bond donors (Lipinski definition) is 1. The van der Waals surface area contributed by atoms with Crippen molar-refractivity contribution < 1.29 is 4.39 Å². The normalized spacial score (nSPS) is 12.3. The fraction of sp³-hybridized carbons (Fsp3) is 0.0455. The van der Waals surface area contributed by atoms with Crippen LogP contribution in [0.4, 0.5) is 15.9 Å². The summed E-state index contributed by atoms with van der Waals surface area (Å²) in [5, 5.41) is 3.99. The number of rotatable bonds is 3. The van der Waals surface area contributed by atoms with Crippen LogP contribution < -0.4 is 5.32 Å². The highest BCUT2D eigenvalue weighted by Gasteiger charge is 2.13. The van der Waals surface area contributed by atoms with Crippen molar-refractivity contribution in [3.63, 3.8) is 0 Å². The summed E-state index contributed by atoms with van der Waals surface area (Å²) in [6, 6.07) is 14.7. The smallest absolute Gasteiger partial charge is 0.162 e. The lowest BCUT2D eigenvalue weighted by atomic mass is 10.1. The molecule has 4 nitrogen and oxygen atoms in total. The van der Waals surface area contributed by atoms with Gasteiger partial charge in [0.05, 0.1) is 0 Å². The van der Waals surface area contributed by atoms with Crippen LogP contribution in [0, 0.1) is 5.82 Å². The van der Waals surface area contributed by atoms with Gasteiger partial charge >= 0.3 is 0 Å². The lowest BCUT2D eigenvalue weighted by Gasteiger charge is -2.12. The number of benzene rings is 2. The summed E-state index contributed by atoms with van der Waals surface area (Å²) in [6.07, 6.45) is 8.56. The fourth-order valence-electron chi connectivity index (χ4n) is 3.31. The van der Waals surface area contributed by atoms with Crippen LogP contribution in [0.5, 0.6) is 0 Å². The number of allylic oxidation sites excluding steroid dienone is 1. The van der Waals surface area contributed by atoms with E-state index in [4.69, 9.17) is 0 Å². The molecule has 0 unspecified atom stereocenters. The zero-order valence-corrected chi connectivity index (χ0v) is 14.4. The Labute approximate surface area is 155 Å². The van der Waals surface area contributed by atoms with E-state index in [9.17, 15) is 4.39 Å². The molecule has 1 N–H and O–H groups in total. The van der Waals surface area contributed by atoms with Crippen LogP contribution in [0.25, 0.3) is 28.4 Å². The number of nitrogens with one attached hydrogen (secondary N) is 1. The molecule has 0 atom stereocenters. The summed E-state index contributed by atoms with van der Waals surface area (Å²) in [5.41, 5.74) is 4.48. The summed E-state index contributed by atoms with van der Waals surface area (Å²) >= 11 is 0. The Kier molecular flexibility index (Phi) is 3.64. The largest absolute Gasteiger partial charge is 0.340 e. The number of pyridine rings is 1. The van der Waals surface area contributed by atoms with Gasteiger partial charge in [-0.15, -0.1) is 0 Å². The van der Waals surface area contributed by atoms with E-state index in [0.29, 0.717) is 22.5 Å². The average molecular weight is 354 g/mol. The van der Waals surface area contributed by atoms with Gasteiger partial charge in [0.2, 0.25) is 0 Å². The Bertz CT molecular complexity index is 1190. The SMILES string of the molecule is Fc1cccc2c(Nc3ccc4c(c3)C=CC4)nc(-c3ccncc3)nc12. The predicted molar refractivity (Wildman–Crippen MR) is 105 cm³/mol. The minimum atomic E-state index is -0.370. The van der Waals surface area contributed by atoms with Gasteiger partial charge < -0.3 is 5.32 Å². The highest BCUT2D eigenvalue weighted by molar-refractivity contribution is 5.92. The zero-order valence-electron chi connectivity index (χ0n) is 14.4. The molecule has 0 saturated heterocycles. The van der Waals surface area contributed by atoms with Gasteiger partial charge in [-0.2, -0.15) is 0 Å². The van der Waals surface area contributed by atoms with E-state index in [2.05, 4.69) is 44.6 Å². The Morgan fingerprint density at radius 3 is 2.74 bits per heavy atom. The third kappa shape index (κ3) is 2.83. The number of hydrogen-bond acceptors (Lipinski definition) is 4. The molecule has 2 heterocycles. The third-order valence-electron chi connectivity index (χ3n) is 4.66. The summed E-state index contributed by atoms with van der Waals surface area (Å²) < 4.78 is 14.4. The van der Waals surface area contributed by atoms with E-state index >= 15 is 0 Å². The van der Waals surface area contributed by atoms with Crippen molar-refractivity contribution >= 4 is 28.5 Å². The van der Waals surface area contributed by atoms with Gasteiger partial charge in [-0.25, -0.2) is 14.4 Å². The van der Waals surface area contributed by atoms with E-state index < -0.39 is 0 Å². The van der Waals surface area contributed by atoms with Crippen LogP contribution in [0.2, 0.25) is 0 Å². The second-order valence-corrected chi connectivity index (χ2v) is 6.41. The first-order valence-electron chi connectivity index (χ1n) is 8.71. The van der Waals surface area contributed by atoms with Gasteiger partial charge in [-0.3, -0.25) is 4.98 Å². The van der Waals surface area contributed by atoms with Gasteiger partial charge in [-0.1, -0.05) is 24.3 Å². The number of anilines is 2. The predicted octanol–water partition coefficient (Wildman–Crippen LogP) is 5.14. The van der Waals surface area contributed by atoms with Gasteiger partial charge in [0.15, 0.2) is 5.82 Å². The molecule has 0 amide bonds. The summed E-state index contributed by atoms with van der Waals surface area (Å²) in [7, 11) is 0. The van der Waals surface area contributed by atoms with Gasteiger partial charge in [-0.05, 0) is 53.9 Å². The topological polar surface area (TPSA) is 50.7 Å². The van der Waals surface area contributed by atoms with E-state index in [1.54, 1.807) is 18.5 Å². The van der Waals surface area contributed by atoms with Gasteiger partial charge in [0.25, 0.3) is 0 Å². The molecule has 0 bridgehead atoms. The van der Waals surface area contributed by atoms with Crippen molar-refractivity contribution in [2.45, 2.75) is 6.42 Å². The maximum Gasteiger partial charge on any atom is 0.162 e. The molecule has 0 saturated carbocycles. The second-order valence-electron chi connectivity index (χ2n) is 6.41. The fourth-order valence-corrected chi connectivity index (χ4v) is 3.31. The van der Waals surface area contributed by atoms with Gasteiger partial charge in [0.1, 0.15) is 17.2 Å². The van der Waals surface area contributed by atoms with Crippen LogP contribution in [0.15, 0.2) is 67.0 Å². The number of aromatic nitrogens is 3. The minimum absolute atomic E-state index is 0.294. The molecule has 0 radical (unpaired) electrons. The van der Waals surface area contributed by atoms with Crippen molar-refractivity contribution in [1.82, 2.24) is 15.0 Å². The summed E-state index contributed by atoms with van der Waals surface area (Å²) in [6.45, 7) is 0. The van der Waals surface area contributed by atoms with Crippen molar-refractivity contribution in [3.05, 3.63) is 83.9 Å². The molecule has 0 fully saturated rings. The first-order valence-corrected chi connectivity index (χ1v) is 8.71. The Balaban J connectivity index is 1.66. The van der Waals surface area contributed by atoms with Crippen LogP contribution in [-0.4, -0.2) is 15.0 Å². The molecule has 2 aromatic heterocycles. The Morgan fingerprint density at radius 1 is 0.963 bits per heavy atom. The number of nitrogens with zero attached hydrogens (tertiary/aromatic N) is 3. The molecule has 1 aliphatic carbocycles. The molecular weight excluding hydrogens is 339 g/mol. The van der Waals surface area contributed by atoms with E-state index in [1.165, 1.54) is 17.2 Å². The van der Waals surface area contributed by atoms with Gasteiger partial charge in [0, 0.05) is 29.0 Å². The van der Waals surface area contributed by atoms with E-state index in [-0.39, 0.29) is 5.82 Å². The quantitative estimate of drug-likeness (QED) is 0.553. The zero-order chi connectivity index (χ0) is 18.2. The van der Waals surface area contributed by atoms with E-state index in [0.717, 1.165) is 17.7 Å². The molecule has 5 rings (SSSR count). The lowest BCUT2D eigenvalue weighted by molar-refractivity contribution is 0.636. The molecule has 27 heavy (non-hydrogen) atoms. The highest BCUT2D eigenvalue weighted by Crippen LogP contribution is 2.30. The molecule has 1 aliphatic rings. The third-order valence-corrected chi connectivity index (χ3v) is 4.66. The standard InChI is InChI=1S/C22H15FN4/c23-19-6-2-5-18-20(19)26-21(15-9-11-24-12-10-15)27-22(18)25-17-8-7-14-3-1-4-16(14)13-17/h1-2,4-13H,3H2,(H,25,26,27). The molecule has 2 aromatic carbocycles. The van der Waals surface area contributed by atoms with E-state index in [1.807, 2.05) is 24.3 Å². The Morgan fingerprint density at radius 2 is 1.85 bits per heavy atom. The first-order chi connectivity index (χ1) is 13.3. The minimum Gasteiger partial charge on any atom is -0.340 e. The van der Waals surface area contributed by atoms with Crippen molar-refractivity contribution in [2.75, 3.05) is 5.32 Å². The first kappa shape index (κ1) is 15.6. The van der Waals surface area contributed by atoms with Crippen molar-refractivity contribution in [3.8, 4) is 11.4 Å². The molecule has 0 spiro atoms. The number of halogens is 1. The number of fused-ring (bicyclic) bond motifs is 2. The maximum atomic E-state index is 14.4. The summed E-state index contributed by atoms with van der Waals surface area (Å²) in [5.74, 6) is 0.664. The van der Waals surface area contributed by atoms with Crippen molar-refractivity contribution in [1.29, 1.82) is 0 Å². The molecular formula is C22H15FN4. The lowest BCUT2D eigenvalue weighted by Crippen LogP contribution is -2.01. The molecule has 0 aliphatic heterocycles. The summed E-state index contributed by atoms with van der Waals surface area (Å²) in [4.78, 5) is 13.1. The maximum absolute atomic E-state index is 14.4. The Hall–Kier alpha value is -3.60. The monoisotopic (exact) mass is 354 g/mol. The average Bonchev–Trinajstić information content (AvgIpc) is 3.17. The number of para-hydroxylation sites is 1. The highest BCUT2D eigenvalue weighted by atomic mass is 19.1. The van der Waals surface area contributed by atoms with Crippen LogP contribution in [0.1, 0.15) is 11.1 Å².